The molecule has 12 heteroatoms. The Hall–Kier alpha value is -2.84. The summed E-state index contributed by atoms with van der Waals surface area (Å²) in [6.45, 7) is 12.6. The molecule has 1 saturated carbocycles. The first kappa shape index (κ1) is 30.7. The average Bonchev–Trinajstić information content (AvgIpc) is 3.10. The van der Waals surface area contributed by atoms with E-state index in [1.54, 1.807) is 0 Å². The molecule has 2 heterocycles. The lowest BCUT2D eigenvalue weighted by atomic mass is 9.83. The molecule has 5 unspecified atom stereocenters. The van der Waals surface area contributed by atoms with Gasteiger partial charge in [0.2, 0.25) is 17.7 Å². The molecule has 0 radical (unpaired) electrons. The molecule has 5 atom stereocenters. The van der Waals surface area contributed by atoms with Crippen LogP contribution < -0.4 is 16.0 Å². The van der Waals surface area contributed by atoms with Crippen molar-refractivity contribution in [2.24, 2.45) is 22.2 Å². The molecule has 3 rings (SSSR count). The maximum atomic E-state index is 13.7. The van der Waals surface area contributed by atoms with E-state index >= 15 is 0 Å². The number of rotatable bonds is 6. The van der Waals surface area contributed by atoms with Crippen molar-refractivity contribution in [3.8, 4) is 6.07 Å². The molecular formula is C27H40F3N5O4. The quantitative estimate of drug-likeness (QED) is 0.464. The van der Waals surface area contributed by atoms with Gasteiger partial charge in [0.25, 0.3) is 0 Å². The van der Waals surface area contributed by atoms with Crippen molar-refractivity contribution in [3.05, 3.63) is 0 Å². The van der Waals surface area contributed by atoms with Crippen LogP contribution >= 0.6 is 0 Å². The van der Waals surface area contributed by atoms with Crippen molar-refractivity contribution in [2.75, 3.05) is 6.54 Å². The van der Waals surface area contributed by atoms with Crippen LogP contribution in [-0.2, 0) is 19.2 Å². The Morgan fingerprint density at radius 1 is 1.15 bits per heavy atom. The van der Waals surface area contributed by atoms with E-state index in [1.807, 2.05) is 39.1 Å². The van der Waals surface area contributed by atoms with E-state index in [4.69, 9.17) is 0 Å². The van der Waals surface area contributed by atoms with Crippen LogP contribution in [0.5, 0.6) is 0 Å². The zero-order valence-electron chi connectivity index (χ0n) is 23.7. The van der Waals surface area contributed by atoms with E-state index in [1.165, 1.54) is 25.7 Å². The Labute approximate surface area is 227 Å². The fraction of sp³-hybridized carbons (Fsp3) is 0.815. The van der Waals surface area contributed by atoms with Crippen LogP contribution in [0.15, 0.2) is 0 Å². The second-order valence-electron chi connectivity index (χ2n) is 13.8. The maximum Gasteiger partial charge on any atom is 0.471 e. The summed E-state index contributed by atoms with van der Waals surface area (Å²) in [7, 11) is 0. The molecule has 0 aromatic rings. The van der Waals surface area contributed by atoms with Gasteiger partial charge in [-0.1, -0.05) is 34.6 Å². The van der Waals surface area contributed by atoms with Gasteiger partial charge >= 0.3 is 12.1 Å². The minimum atomic E-state index is -5.17. The number of piperidine rings is 1. The third kappa shape index (κ3) is 6.49. The van der Waals surface area contributed by atoms with Crippen molar-refractivity contribution < 1.29 is 32.3 Å². The standard InChI is InChI=1S/C27H40F3N5O4/c1-23(2,3)18(33-22(39)27(28,29)30)21(38)35-14-26(13-24(26,4)5)11-17(35)20(37)32-16(12-31)10-15-8-9-25(6,7)34-19(15)36/h15-18H,8-11,13-14H2,1-7H3,(H,32,37)(H,33,39)(H,34,36). The number of halogens is 3. The molecule has 0 aromatic carbocycles. The van der Waals surface area contributed by atoms with Gasteiger partial charge in [0.1, 0.15) is 18.1 Å². The number of amides is 4. The average molecular weight is 556 g/mol. The van der Waals surface area contributed by atoms with Crippen LogP contribution in [-0.4, -0.2) is 64.9 Å². The number of nitrogens with zero attached hydrogens (tertiary/aromatic N) is 2. The lowest BCUT2D eigenvalue weighted by Crippen LogP contribution is -2.59. The topological polar surface area (TPSA) is 131 Å². The predicted molar refractivity (Wildman–Crippen MR) is 135 cm³/mol. The SMILES string of the molecule is CC1(C)CCC(CC(C#N)NC(=O)C2CC3(CN2C(=O)C(NC(=O)C(F)(F)F)C(C)(C)C)CC3(C)C)C(=O)N1. The molecule has 0 bridgehead atoms. The van der Waals surface area contributed by atoms with Gasteiger partial charge in [-0.25, -0.2) is 0 Å². The lowest BCUT2D eigenvalue weighted by molar-refractivity contribution is -0.176. The van der Waals surface area contributed by atoms with Gasteiger partial charge in [-0.2, -0.15) is 18.4 Å². The number of hydrogen-bond donors (Lipinski definition) is 3. The summed E-state index contributed by atoms with van der Waals surface area (Å²) in [6, 6.07) is -1.51. The van der Waals surface area contributed by atoms with Crippen molar-refractivity contribution >= 4 is 23.6 Å². The van der Waals surface area contributed by atoms with E-state index in [9.17, 15) is 37.6 Å². The summed E-state index contributed by atoms with van der Waals surface area (Å²) < 4.78 is 39.2. The second kappa shape index (κ2) is 9.97. The molecule has 4 amide bonds. The summed E-state index contributed by atoms with van der Waals surface area (Å²) in [5, 5.41) is 17.2. The van der Waals surface area contributed by atoms with Crippen LogP contribution in [0.4, 0.5) is 13.2 Å². The monoisotopic (exact) mass is 555 g/mol. The highest BCUT2D eigenvalue weighted by Gasteiger charge is 2.67. The minimum Gasteiger partial charge on any atom is -0.351 e. The molecule has 0 aromatic heterocycles. The Balaban J connectivity index is 1.81. The van der Waals surface area contributed by atoms with Crippen LogP contribution in [0.3, 0.4) is 0 Å². The molecule has 9 nitrogen and oxygen atoms in total. The number of nitriles is 1. The van der Waals surface area contributed by atoms with Gasteiger partial charge in [0.05, 0.1) is 6.07 Å². The van der Waals surface area contributed by atoms with E-state index in [2.05, 4.69) is 10.6 Å². The van der Waals surface area contributed by atoms with Crippen molar-refractivity contribution in [3.63, 3.8) is 0 Å². The zero-order chi connectivity index (χ0) is 29.8. The number of likely N-dealkylation sites (tertiary alicyclic amines) is 1. The first-order valence-corrected chi connectivity index (χ1v) is 13.3. The molecule has 3 fully saturated rings. The molecule has 1 spiro atoms. The summed E-state index contributed by atoms with van der Waals surface area (Å²) in [5.41, 5.74) is -2.00. The summed E-state index contributed by atoms with van der Waals surface area (Å²) >= 11 is 0. The van der Waals surface area contributed by atoms with Gasteiger partial charge in [0, 0.05) is 18.0 Å². The van der Waals surface area contributed by atoms with Crippen LogP contribution in [0, 0.1) is 33.5 Å². The normalized spacial score (nSPS) is 29.2. The van der Waals surface area contributed by atoms with E-state index in [-0.39, 0.29) is 36.2 Å². The van der Waals surface area contributed by atoms with Crippen molar-refractivity contribution in [2.45, 2.75) is 110 Å². The summed E-state index contributed by atoms with van der Waals surface area (Å²) in [5.74, 6) is -4.25. The third-order valence-electron chi connectivity index (χ3n) is 8.70. The highest BCUT2D eigenvalue weighted by atomic mass is 19.4. The van der Waals surface area contributed by atoms with Gasteiger partial charge in [0.15, 0.2) is 0 Å². The smallest absolute Gasteiger partial charge is 0.351 e. The van der Waals surface area contributed by atoms with Crippen molar-refractivity contribution in [1.29, 1.82) is 5.26 Å². The van der Waals surface area contributed by atoms with E-state index < -0.39 is 58.8 Å². The molecule has 218 valence electrons. The third-order valence-corrected chi connectivity index (χ3v) is 8.70. The second-order valence-corrected chi connectivity index (χ2v) is 13.8. The first-order chi connectivity index (χ1) is 17.6. The fourth-order valence-electron chi connectivity index (χ4n) is 5.98. The first-order valence-electron chi connectivity index (χ1n) is 13.3. The number of carbonyl (C=O) groups excluding carboxylic acids is 4. The Bertz CT molecular complexity index is 1070. The molecule has 39 heavy (non-hydrogen) atoms. The van der Waals surface area contributed by atoms with Gasteiger partial charge < -0.3 is 20.9 Å². The molecule has 2 saturated heterocycles. The number of carbonyl (C=O) groups is 4. The van der Waals surface area contributed by atoms with Gasteiger partial charge in [-0.15, -0.1) is 0 Å². The van der Waals surface area contributed by atoms with E-state index in [0.717, 1.165) is 12.8 Å². The van der Waals surface area contributed by atoms with Crippen LogP contribution in [0.25, 0.3) is 0 Å². The largest absolute Gasteiger partial charge is 0.471 e. The molecule has 3 N–H and O–H groups in total. The molecular weight excluding hydrogens is 515 g/mol. The number of alkyl halides is 3. The minimum absolute atomic E-state index is 0.105. The van der Waals surface area contributed by atoms with Gasteiger partial charge in [-0.3, -0.25) is 19.2 Å². The Kier molecular flexibility index (Phi) is 7.85. The fourth-order valence-corrected chi connectivity index (χ4v) is 5.98. The number of nitrogens with one attached hydrogen (secondary N) is 3. The van der Waals surface area contributed by atoms with Gasteiger partial charge in [-0.05, 0) is 62.2 Å². The summed E-state index contributed by atoms with van der Waals surface area (Å²) in [4.78, 5) is 52.8. The predicted octanol–water partition coefficient (Wildman–Crippen LogP) is 2.80. The zero-order valence-corrected chi connectivity index (χ0v) is 23.7. The highest BCUT2D eigenvalue weighted by Crippen LogP contribution is 2.69. The van der Waals surface area contributed by atoms with Crippen LogP contribution in [0.1, 0.15) is 80.6 Å². The summed E-state index contributed by atoms with van der Waals surface area (Å²) in [6.07, 6.45) is -2.78. The van der Waals surface area contributed by atoms with E-state index in [0.29, 0.717) is 6.42 Å². The Morgan fingerprint density at radius 3 is 2.21 bits per heavy atom. The number of hydrogen-bond acceptors (Lipinski definition) is 5. The Morgan fingerprint density at radius 2 is 1.74 bits per heavy atom. The molecule has 2 aliphatic heterocycles. The maximum absolute atomic E-state index is 13.7. The van der Waals surface area contributed by atoms with Crippen molar-refractivity contribution in [1.82, 2.24) is 20.9 Å². The highest BCUT2D eigenvalue weighted by molar-refractivity contribution is 5.94. The molecule has 3 aliphatic rings. The molecule has 1 aliphatic carbocycles. The lowest BCUT2D eigenvalue weighted by Gasteiger charge is -2.36. The van der Waals surface area contributed by atoms with Crippen LogP contribution in [0.2, 0.25) is 0 Å².